The number of aromatic amines is 1. The molecule has 0 aliphatic carbocycles. The highest BCUT2D eigenvalue weighted by Gasteiger charge is 2.28. The maximum absolute atomic E-state index is 12.6. The van der Waals surface area contributed by atoms with Crippen LogP contribution in [-0.4, -0.2) is 61.0 Å². The lowest BCUT2D eigenvalue weighted by molar-refractivity contribution is -0.142. The number of methoxy groups -OCH3 is 2. The molecule has 0 spiro atoms. The Bertz CT molecular complexity index is 872. The van der Waals surface area contributed by atoms with Crippen LogP contribution in [0.4, 0.5) is 0 Å². The van der Waals surface area contributed by atoms with Crippen molar-refractivity contribution in [1.29, 1.82) is 0 Å². The molecule has 0 saturated carbocycles. The van der Waals surface area contributed by atoms with E-state index in [4.69, 9.17) is 14.2 Å². The summed E-state index contributed by atoms with van der Waals surface area (Å²) in [5.41, 5.74) is 0.743. The number of fused-ring (bicyclic) bond motifs is 1. The second-order valence-electron chi connectivity index (χ2n) is 6.40. The highest BCUT2D eigenvalue weighted by Crippen LogP contribution is 2.31. The van der Waals surface area contributed by atoms with Crippen LogP contribution in [0.15, 0.2) is 23.0 Å². The highest BCUT2D eigenvalue weighted by molar-refractivity contribution is 5.84. The third kappa shape index (κ3) is 4.06. The fraction of sp³-hybridized carbons (Fsp3) is 0.474. The number of carbonyl (C=O) groups excluding carboxylic acids is 1. The smallest absolute Gasteiger partial charge is 0.253 e. The van der Waals surface area contributed by atoms with E-state index in [1.54, 1.807) is 25.3 Å². The zero-order valence-electron chi connectivity index (χ0n) is 15.5. The highest BCUT2D eigenvalue weighted by atomic mass is 16.5. The van der Waals surface area contributed by atoms with Crippen LogP contribution in [0.5, 0.6) is 11.5 Å². The Balaban J connectivity index is 1.92. The van der Waals surface area contributed by atoms with E-state index >= 15 is 0 Å². The largest absolute Gasteiger partial charge is 0.493 e. The van der Waals surface area contributed by atoms with E-state index in [0.29, 0.717) is 35.6 Å². The van der Waals surface area contributed by atoms with E-state index < -0.39 is 6.10 Å². The maximum Gasteiger partial charge on any atom is 0.253 e. The molecule has 1 saturated heterocycles. The minimum absolute atomic E-state index is 0.0961. The van der Waals surface area contributed by atoms with Gasteiger partial charge < -0.3 is 29.2 Å². The molecule has 3 rings (SSSR count). The van der Waals surface area contributed by atoms with Gasteiger partial charge in [0.05, 0.1) is 32.9 Å². The number of H-pyrrole nitrogens is 1. The van der Waals surface area contributed by atoms with Gasteiger partial charge in [0.1, 0.15) is 6.10 Å². The molecule has 2 N–H and O–H groups in total. The minimum atomic E-state index is -0.500. The van der Waals surface area contributed by atoms with Crippen molar-refractivity contribution in [2.45, 2.75) is 25.5 Å². The van der Waals surface area contributed by atoms with E-state index in [1.807, 2.05) is 0 Å². The molecule has 8 heteroatoms. The molecule has 2 heterocycles. The summed E-state index contributed by atoms with van der Waals surface area (Å²) in [4.78, 5) is 29.4. The fourth-order valence-electron chi connectivity index (χ4n) is 3.27. The Hall–Kier alpha value is -2.58. The number of hydrogen-bond donors (Lipinski definition) is 2. The van der Waals surface area contributed by atoms with Gasteiger partial charge in [0.15, 0.2) is 11.5 Å². The van der Waals surface area contributed by atoms with Crippen LogP contribution in [0.3, 0.4) is 0 Å². The van der Waals surface area contributed by atoms with Gasteiger partial charge in [-0.2, -0.15) is 0 Å². The molecule has 1 amide bonds. The second kappa shape index (κ2) is 8.41. The van der Waals surface area contributed by atoms with Crippen molar-refractivity contribution in [3.8, 4) is 11.5 Å². The van der Waals surface area contributed by atoms with Crippen LogP contribution >= 0.6 is 0 Å². The Labute approximate surface area is 156 Å². The van der Waals surface area contributed by atoms with Gasteiger partial charge in [0.25, 0.3) is 11.5 Å². The summed E-state index contributed by atoms with van der Waals surface area (Å²) < 4.78 is 16.0. The molecule has 0 radical (unpaired) electrons. The number of nitrogens with zero attached hydrogens (tertiary/aromatic N) is 1. The average molecular weight is 376 g/mol. The lowest BCUT2D eigenvalue weighted by Crippen LogP contribution is -2.41. The number of nitrogens with one attached hydrogen (secondary N) is 1. The summed E-state index contributed by atoms with van der Waals surface area (Å²) in [6.45, 7) is 0.609. The van der Waals surface area contributed by atoms with Crippen LogP contribution < -0.4 is 15.0 Å². The Kier molecular flexibility index (Phi) is 5.98. The predicted molar refractivity (Wildman–Crippen MR) is 99.1 cm³/mol. The van der Waals surface area contributed by atoms with Crippen LogP contribution in [-0.2, 0) is 16.1 Å². The molecule has 1 aliphatic heterocycles. The molecular formula is C19H24N2O6. The number of amides is 1. The monoisotopic (exact) mass is 376 g/mol. The first-order valence-electron chi connectivity index (χ1n) is 8.86. The Morgan fingerprint density at radius 3 is 2.67 bits per heavy atom. The van der Waals surface area contributed by atoms with Gasteiger partial charge >= 0.3 is 0 Å². The predicted octanol–water partition coefficient (Wildman–Crippen LogP) is 1.05. The summed E-state index contributed by atoms with van der Waals surface area (Å²) in [6, 6.07) is 5.19. The summed E-state index contributed by atoms with van der Waals surface area (Å²) in [6.07, 6.45) is 0.994. The third-order valence-corrected chi connectivity index (χ3v) is 4.67. The van der Waals surface area contributed by atoms with Crippen molar-refractivity contribution in [1.82, 2.24) is 9.88 Å². The molecule has 2 aromatic rings. The second-order valence-corrected chi connectivity index (χ2v) is 6.40. The van der Waals surface area contributed by atoms with Crippen LogP contribution in [0.25, 0.3) is 10.9 Å². The molecule has 8 nitrogen and oxygen atoms in total. The van der Waals surface area contributed by atoms with E-state index in [-0.39, 0.29) is 31.2 Å². The molecule has 0 unspecified atom stereocenters. The quantitative estimate of drug-likeness (QED) is 0.749. The van der Waals surface area contributed by atoms with E-state index in [1.165, 1.54) is 12.0 Å². The summed E-state index contributed by atoms with van der Waals surface area (Å²) in [5, 5.41) is 10.1. The molecule has 1 fully saturated rings. The first kappa shape index (κ1) is 19.2. The maximum atomic E-state index is 12.6. The van der Waals surface area contributed by atoms with Gasteiger partial charge in [0.2, 0.25) is 0 Å². The van der Waals surface area contributed by atoms with Gasteiger partial charge in [-0.1, -0.05) is 0 Å². The van der Waals surface area contributed by atoms with E-state index in [2.05, 4.69) is 4.98 Å². The van der Waals surface area contributed by atoms with Gasteiger partial charge in [-0.15, -0.1) is 0 Å². The van der Waals surface area contributed by atoms with Crippen molar-refractivity contribution >= 4 is 16.8 Å². The lowest BCUT2D eigenvalue weighted by Gasteiger charge is -2.24. The van der Waals surface area contributed by atoms with E-state index in [9.17, 15) is 14.7 Å². The zero-order valence-corrected chi connectivity index (χ0v) is 15.5. The topological polar surface area (TPSA) is 101 Å². The average Bonchev–Trinajstić information content (AvgIpc) is 3.21. The molecule has 27 heavy (non-hydrogen) atoms. The normalized spacial score (nSPS) is 16.5. The zero-order chi connectivity index (χ0) is 19.4. The number of hydrogen-bond acceptors (Lipinski definition) is 6. The summed E-state index contributed by atoms with van der Waals surface area (Å²) >= 11 is 0. The Morgan fingerprint density at radius 1 is 1.30 bits per heavy atom. The first-order chi connectivity index (χ1) is 13.1. The number of aliphatic hydroxyl groups excluding tert-OH is 1. The molecule has 0 bridgehead atoms. The molecular weight excluding hydrogens is 352 g/mol. The van der Waals surface area contributed by atoms with Gasteiger partial charge in [-0.05, 0) is 25.0 Å². The number of ether oxygens (including phenoxy) is 3. The van der Waals surface area contributed by atoms with Crippen LogP contribution in [0.1, 0.15) is 18.4 Å². The third-order valence-electron chi connectivity index (χ3n) is 4.67. The van der Waals surface area contributed by atoms with Crippen molar-refractivity contribution < 1.29 is 24.1 Å². The lowest BCUT2D eigenvalue weighted by atomic mass is 10.1. The first-order valence-corrected chi connectivity index (χ1v) is 8.86. The number of rotatable bonds is 7. The van der Waals surface area contributed by atoms with Crippen molar-refractivity contribution in [2.24, 2.45) is 0 Å². The molecule has 1 aliphatic rings. The number of aromatic nitrogens is 1. The van der Waals surface area contributed by atoms with Crippen molar-refractivity contribution in [3.63, 3.8) is 0 Å². The van der Waals surface area contributed by atoms with Gasteiger partial charge in [-0.3, -0.25) is 9.59 Å². The number of aliphatic hydroxyl groups is 1. The number of benzene rings is 1. The van der Waals surface area contributed by atoms with Gasteiger partial charge in [-0.25, -0.2) is 0 Å². The van der Waals surface area contributed by atoms with Crippen LogP contribution in [0.2, 0.25) is 0 Å². The number of carbonyl (C=O) groups is 1. The van der Waals surface area contributed by atoms with Crippen molar-refractivity contribution in [3.05, 3.63) is 34.1 Å². The Morgan fingerprint density at radius 2 is 2.04 bits per heavy atom. The van der Waals surface area contributed by atoms with Crippen LogP contribution in [0, 0.1) is 0 Å². The minimum Gasteiger partial charge on any atom is -0.493 e. The summed E-state index contributed by atoms with van der Waals surface area (Å²) in [5.74, 6) is 0.864. The van der Waals surface area contributed by atoms with E-state index in [0.717, 1.165) is 11.8 Å². The molecule has 146 valence electrons. The molecule has 1 aromatic carbocycles. The molecule has 1 aromatic heterocycles. The van der Waals surface area contributed by atoms with Crippen molar-refractivity contribution in [2.75, 3.05) is 34.0 Å². The molecule has 1 atom stereocenters. The summed E-state index contributed by atoms with van der Waals surface area (Å²) in [7, 11) is 3.07. The van der Waals surface area contributed by atoms with Gasteiger partial charge in [0, 0.05) is 30.2 Å². The fourth-order valence-corrected chi connectivity index (χ4v) is 3.27. The SMILES string of the molecule is COc1cc2cc(CN(CCO)C(=O)[C@H]3CCCO3)c(=O)[nH]c2cc1OC. The number of pyridine rings is 1. The standard InChI is InChI=1S/C19H24N2O6/c1-25-16-9-12-8-13(18(23)20-14(12)10-17(16)26-2)11-21(5-6-22)19(24)15-4-3-7-27-15/h8-10,15,22H,3-7,11H2,1-2H3,(H,20,23)/t15-/m1/s1.